The number of nitriles is 2. The zero-order chi connectivity index (χ0) is 36.0. The predicted octanol–water partition coefficient (Wildman–Crippen LogP) is 12.7. The molecule has 0 N–H and O–H groups in total. The molecule has 0 saturated carbocycles. The van der Waals surface area contributed by atoms with Gasteiger partial charge in [0.15, 0.2) is 0 Å². The quantitative estimate of drug-likeness (QED) is 0.186. The second-order valence-corrected chi connectivity index (χ2v) is 14.2. The Bertz CT molecular complexity index is 3090. The number of para-hydroxylation sites is 1. The Hall–Kier alpha value is -7.46. The molecule has 0 saturated heterocycles. The highest BCUT2D eigenvalue weighted by atomic mass is 16.3. The van der Waals surface area contributed by atoms with E-state index in [-0.39, 0.29) is 0 Å². The fourth-order valence-electron chi connectivity index (χ4n) is 9.36. The Kier molecular flexibility index (Phi) is 6.30. The number of hydrogen-bond donors (Lipinski definition) is 0. The van der Waals surface area contributed by atoms with Gasteiger partial charge in [-0.1, -0.05) is 127 Å². The average molecular weight is 685 g/mol. The summed E-state index contributed by atoms with van der Waals surface area (Å²) in [7, 11) is 0. The van der Waals surface area contributed by atoms with Gasteiger partial charge in [0, 0.05) is 27.5 Å². The molecule has 11 rings (SSSR count). The molecule has 2 aliphatic carbocycles. The van der Waals surface area contributed by atoms with Crippen molar-refractivity contribution in [3.63, 3.8) is 0 Å². The SMILES string of the molecule is N#Cc1cccc2c1-c1ccc(-c3cc(-c4ccccc4)c(C#N)c(-c4ccc5c(c4)oc4ccccc45)c3)cc1C21c2ccccc2-c2ccccc21. The molecule has 1 spiro atoms. The molecule has 0 bridgehead atoms. The van der Waals surface area contributed by atoms with Gasteiger partial charge in [0.1, 0.15) is 17.2 Å². The lowest BCUT2D eigenvalue weighted by Crippen LogP contribution is -2.25. The van der Waals surface area contributed by atoms with Gasteiger partial charge in [-0.05, 0) is 104 Å². The minimum atomic E-state index is -0.593. The van der Waals surface area contributed by atoms with Crippen LogP contribution in [0.2, 0.25) is 0 Å². The van der Waals surface area contributed by atoms with Crippen LogP contribution in [0.4, 0.5) is 0 Å². The minimum absolute atomic E-state index is 0.593. The molecule has 9 aromatic rings. The Morgan fingerprint density at radius 1 is 0.389 bits per heavy atom. The number of nitrogens with zero attached hydrogens (tertiary/aromatic N) is 2. The van der Waals surface area contributed by atoms with E-state index >= 15 is 0 Å². The van der Waals surface area contributed by atoms with Crippen molar-refractivity contribution in [2.75, 3.05) is 0 Å². The van der Waals surface area contributed by atoms with E-state index in [2.05, 4.69) is 133 Å². The molecule has 248 valence electrons. The first-order valence-corrected chi connectivity index (χ1v) is 18.1. The van der Waals surface area contributed by atoms with Crippen LogP contribution in [0.5, 0.6) is 0 Å². The molecule has 54 heavy (non-hydrogen) atoms. The van der Waals surface area contributed by atoms with Gasteiger partial charge in [0.2, 0.25) is 0 Å². The monoisotopic (exact) mass is 684 g/mol. The number of rotatable bonds is 3. The third-order valence-corrected chi connectivity index (χ3v) is 11.6. The molecule has 0 fully saturated rings. The van der Waals surface area contributed by atoms with Crippen molar-refractivity contribution in [1.29, 1.82) is 10.5 Å². The van der Waals surface area contributed by atoms with Crippen LogP contribution in [-0.2, 0) is 5.41 Å². The molecule has 3 heteroatoms. The molecular weight excluding hydrogens is 657 g/mol. The first-order valence-electron chi connectivity index (χ1n) is 18.1. The van der Waals surface area contributed by atoms with E-state index in [1.54, 1.807) is 0 Å². The highest BCUT2D eigenvalue weighted by Crippen LogP contribution is 2.63. The van der Waals surface area contributed by atoms with Gasteiger partial charge >= 0.3 is 0 Å². The summed E-state index contributed by atoms with van der Waals surface area (Å²) in [5.41, 5.74) is 17.2. The molecule has 3 nitrogen and oxygen atoms in total. The van der Waals surface area contributed by atoms with Crippen molar-refractivity contribution in [2.24, 2.45) is 0 Å². The van der Waals surface area contributed by atoms with Crippen molar-refractivity contribution in [2.45, 2.75) is 5.41 Å². The third-order valence-electron chi connectivity index (χ3n) is 11.6. The highest BCUT2D eigenvalue weighted by molar-refractivity contribution is 6.06. The van der Waals surface area contributed by atoms with Gasteiger partial charge in [-0.15, -0.1) is 0 Å². The molecule has 2 aliphatic rings. The van der Waals surface area contributed by atoms with Crippen molar-refractivity contribution in [3.8, 4) is 67.8 Å². The highest BCUT2D eigenvalue weighted by Gasteiger charge is 2.52. The lowest BCUT2D eigenvalue weighted by Gasteiger charge is -2.30. The molecule has 1 heterocycles. The van der Waals surface area contributed by atoms with Crippen LogP contribution in [0.1, 0.15) is 33.4 Å². The van der Waals surface area contributed by atoms with Crippen LogP contribution in [0.25, 0.3) is 77.6 Å². The fraction of sp³-hybridized carbons (Fsp3) is 0.0196. The maximum absolute atomic E-state index is 10.8. The third kappa shape index (κ3) is 3.99. The van der Waals surface area contributed by atoms with Gasteiger partial charge in [0.25, 0.3) is 0 Å². The van der Waals surface area contributed by atoms with E-state index in [0.29, 0.717) is 11.1 Å². The summed E-state index contributed by atoms with van der Waals surface area (Å²) >= 11 is 0. The van der Waals surface area contributed by atoms with Crippen LogP contribution in [-0.4, -0.2) is 0 Å². The van der Waals surface area contributed by atoms with Gasteiger partial charge in [0.05, 0.1) is 22.6 Å². The van der Waals surface area contributed by atoms with Crippen molar-refractivity contribution < 1.29 is 4.42 Å². The molecule has 0 atom stereocenters. The van der Waals surface area contributed by atoms with E-state index in [1.165, 1.54) is 22.3 Å². The van der Waals surface area contributed by atoms with E-state index < -0.39 is 5.41 Å². The zero-order valence-electron chi connectivity index (χ0n) is 29.0. The Balaban J connectivity index is 1.20. The summed E-state index contributed by atoms with van der Waals surface area (Å²) in [6.45, 7) is 0. The zero-order valence-corrected chi connectivity index (χ0v) is 29.0. The first kappa shape index (κ1) is 30.2. The summed E-state index contributed by atoms with van der Waals surface area (Å²) < 4.78 is 6.32. The predicted molar refractivity (Wildman–Crippen MR) is 216 cm³/mol. The van der Waals surface area contributed by atoms with Crippen LogP contribution in [0, 0.1) is 22.7 Å². The van der Waals surface area contributed by atoms with Crippen LogP contribution < -0.4 is 0 Å². The van der Waals surface area contributed by atoms with Crippen molar-refractivity contribution in [1.82, 2.24) is 0 Å². The lowest BCUT2D eigenvalue weighted by molar-refractivity contribution is 0.669. The second-order valence-electron chi connectivity index (χ2n) is 14.2. The Labute approximate surface area is 312 Å². The topological polar surface area (TPSA) is 60.7 Å². The van der Waals surface area contributed by atoms with E-state index in [9.17, 15) is 10.5 Å². The average Bonchev–Trinajstić information content (AvgIpc) is 3.87. The Morgan fingerprint density at radius 3 is 1.80 bits per heavy atom. The van der Waals surface area contributed by atoms with E-state index in [4.69, 9.17) is 4.42 Å². The molecule has 8 aromatic carbocycles. The van der Waals surface area contributed by atoms with E-state index in [1.807, 2.05) is 48.5 Å². The van der Waals surface area contributed by atoms with Gasteiger partial charge < -0.3 is 4.42 Å². The maximum Gasteiger partial charge on any atom is 0.136 e. The maximum atomic E-state index is 10.8. The number of fused-ring (bicyclic) bond motifs is 13. The standard InChI is InChI=1S/C51H28N2O/c52-29-34-13-10-19-46-50(34)40-24-21-32(27-47(40)51(46)44-17-7-4-14-36(44)37-15-5-8-18-45(37)51)35-25-41(31-11-2-1-3-12-31)43(30-53)42(26-35)33-22-23-39-38-16-6-9-20-48(38)54-49(39)28-33/h1-28H. The molecule has 0 amide bonds. The van der Waals surface area contributed by atoms with Gasteiger partial charge in [-0.2, -0.15) is 10.5 Å². The first-order chi connectivity index (χ1) is 26.7. The van der Waals surface area contributed by atoms with Gasteiger partial charge in [-0.25, -0.2) is 0 Å². The number of benzene rings is 8. The van der Waals surface area contributed by atoms with Crippen LogP contribution in [0.15, 0.2) is 174 Å². The summed E-state index contributed by atoms with van der Waals surface area (Å²) in [6.07, 6.45) is 0. The summed E-state index contributed by atoms with van der Waals surface area (Å²) in [4.78, 5) is 0. The number of furan rings is 1. The largest absolute Gasteiger partial charge is 0.456 e. The van der Waals surface area contributed by atoms with Crippen LogP contribution in [0.3, 0.4) is 0 Å². The van der Waals surface area contributed by atoms with Crippen molar-refractivity contribution >= 4 is 21.9 Å². The van der Waals surface area contributed by atoms with E-state index in [0.717, 1.165) is 77.6 Å². The van der Waals surface area contributed by atoms with Crippen LogP contribution >= 0.6 is 0 Å². The smallest absolute Gasteiger partial charge is 0.136 e. The summed E-state index contributed by atoms with van der Waals surface area (Å²) in [6, 6.07) is 64.2. The van der Waals surface area contributed by atoms with Gasteiger partial charge in [-0.3, -0.25) is 0 Å². The molecule has 1 aromatic heterocycles. The molecule has 0 unspecified atom stereocenters. The molecular formula is C51H28N2O. The lowest BCUT2D eigenvalue weighted by atomic mass is 9.70. The van der Waals surface area contributed by atoms with Crippen molar-refractivity contribution in [3.05, 3.63) is 203 Å². The fourth-order valence-corrected chi connectivity index (χ4v) is 9.36. The summed E-state index contributed by atoms with van der Waals surface area (Å²) in [5.74, 6) is 0. The normalized spacial score (nSPS) is 12.9. The minimum Gasteiger partial charge on any atom is -0.456 e. The second kappa shape index (κ2) is 11.3. The molecule has 0 aliphatic heterocycles. The Morgan fingerprint density at radius 2 is 1.04 bits per heavy atom. The number of hydrogen-bond acceptors (Lipinski definition) is 3. The summed E-state index contributed by atoms with van der Waals surface area (Å²) in [5, 5.41) is 23.4. The molecule has 0 radical (unpaired) electrons.